The molecule has 0 radical (unpaired) electrons. The van der Waals surface area contributed by atoms with Gasteiger partial charge in [0, 0.05) is 11.8 Å². The number of fused-ring (bicyclic) bond motifs is 1. The first kappa shape index (κ1) is 17.1. The molecule has 2 fully saturated rings. The van der Waals surface area contributed by atoms with Crippen molar-refractivity contribution >= 4 is 17.7 Å². The Morgan fingerprint density at radius 2 is 1.84 bits per heavy atom. The molecule has 1 saturated heterocycles. The summed E-state index contributed by atoms with van der Waals surface area (Å²) in [4.78, 5) is 14.9. The Morgan fingerprint density at radius 1 is 1.04 bits per heavy atom. The molecular formula is C20H27NO3S. The minimum absolute atomic E-state index is 0.190. The Bertz CT molecular complexity index is 615. The third-order valence-corrected chi connectivity index (χ3v) is 6.88. The van der Waals surface area contributed by atoms with E-state index in [1.165, 1.54) is 37.7 Å². The van der Waals surface area contributed by atoms with Crippen LogP contribution in [0.5, 0.6) is 11.5 Å². The summed E-state index contributed by atoms with van der Waals surface area (Å²) in [5.74, 6) is 2.57. The van der Waals surface area contributed by atoms with Crippen LogP contribution in [0.1, 0.15) is 56.6 Å². The lowest BCUT2D eigenvalue weighted by molar-refractivity contribution is -0.129. The number of amides is 1. The Hall–Kier alpha value is -1.36. The molecule has 0 aromatic heterocycles. The minimum Gasteiger partial charge on any atom is -0.486 e. The Kier molecular flexibility index (Phi) is 5.39. The smallest absolute Gasteiger partial charge is 0.233 e. The van der Waals surface area contributed by atoms with E-state index >= 15 is 0 Å². The fraction of sp³-hybridized carbons (Fsp3) is 0.650. The van der Waals surface area contributed by atoms with E-state index < -0.39 is 0 Å². The molecule has 4 nitrogen and oxygen atoms in total. The van der Waals surface area contributed by atoms with Crippen LogP contribution in [0.2, 0.25) is 0 Å². The van der Waals surface area contributed by atoms with Gasteiger partial charge in [0.05, 0.1) is 11.8 Å². The fourth-order valence-corrected chi connectivity index (χ4v) is 5.39. The molecule has 1 atom stereocenters. The third-order valence-electron chi connectivity index (χ3n) is 5.52. The topological polar surface area (TPSA) is 38.8 Å². The number of benzene rings is 1. The first-order valence-electron chi connectivity index (χ1n) is 9.62. The molecule has 2 aliphatic heterocycles. The lowest BCUT2D eigenvalue weighted by Crippen LogP contribution is -2.32. The van der Waals surface area contributed by atoms with Gasteiger partial charge in [-0.15, -0.1) is 11.8 Å². The fourth-order valence-electron chi connectivity index (χ4n) is 4.18. The van der Waals surface area contributed by atoms with Gasteiger partial charge in [-0.2, -0.15) is 0 Å². The number of carbonyl (C=O) groups is 1. The zero-order chi connectivity index (χ0) is 17.1. The van der Waals surface area contributed by atoms with Gasteiger partial charge >= 0.3 is 0 Å². The van der Waals surface area contributed by atoms with Gasteiger partial charge in [0.1, 0.15) is 13.2 Å². The molecule has 3 aliphatic rings. The average molecular weight is 362 g/mol. The number of carbonyl (C=O) groups excluding carboxylic acids is 1. The summed E-state index contributed by atoms with van der Waals surface area (Å²) in [7, 11) is 0. The van der Waals surface area contributed by atoms with E-state index in [0.717, 1.165) is 30.9 Å². The summed E-state index contributed by atoms with van der Waals surface area (Å²) in [5, 5.41) is 0.688. The van der Waals surface area contributed by atoms with E-state index in [4.69, 9.17) is 9.47 Å². The van der Waals surface area contributed by atoms with Crippen LogP contribution < -0.4 is 9.47 Å². The highest BCUT2D eigenvalue weighted by Gasteiger charge is 2.31. The number of hydrogen-bond donors (Lipinski definition) is 0. The Morgan fingerprint density at radius 3 is 2.68 bits per heavy atom. The summed E-state index contributed by atoms with van der Waals surface area (Å²) < 4.78 is 11.3. The van der Waals surface area contributed by atoms with Crippen LogP contribution in [0.25, 0.3) is 0 Å². The predicted molar refractivity (Wildman–Crippen MR) is 100 cm³/mol. The van der Waals surface area contributed by atoms with Crippen molar-refractivity contribution < 1.29 is 14.3 Å². The van der Waals surface area contributed by atoms with Crippen LogP contribution in [-0.2, 0) is 4.79 Å². The van der Waals surface area contributed by atoms with E-state index in [1.807, 2.05) is 17.8 Å². The molecular weight excluding hydrogens is 334 g/mol. The van der Waals surface area contributed by atoms with Gasteiger partial charge in [0.15, 0.2) is 11.5 Å². The molecule has 0 N–H and O–H groups in total. The van der Waals surface area contributed by atoms with Gasteiger partial charge in [-0.25, -0.2) is 0 Å². The molecule has 2 heterocycles. The van der Waals surface area contributed by atoms with Crippen molar-refractivity contribution in [1.29, 1.82) is 0 Å². The number of likely N-dealkylation sites (tertiary alicyclic amines) is 1. The highest BCUT2D eigenvalue weighted by molar-refractivity contribution is 8.00. The van der Waals surface area contributed by atoms with Crippen molar-refractivity contribution in [2.45, 2.75) is 56.2 Å². The van der Waals surface area contributed by atoms with Gasteiger partial charge in [0.2, 0.25) is 5.91 Å². The van der Waals surface area contributed by atoms with Crippen LogP contribution in [0.4, 0.5) is 0 Å². The summed E-state index contributed by atoms with van der Waals surface area (Å²) in [6.45, 7) is 2.09. The lowest BCUT2D eigenvalue weighted by atomic mass is 10.0. The van der Waals surface area contributed by atoms with Crippen molar-refractivity contribution in [3.8, 4) is 11.5 Å². The number of ether oxygens (including phenoxy) is 2. The van der Waals surface area contributed by atoms with E-state index in [2.05, 4.69) is 17.0 Å². The second kappa shape index (κ2) is 7.90. The standard InChI is InChI=1S/C20H27NO3S/c22-20(14-25-16-5-2-1-3-6-16)21-10-4-7-17(21)15-8-9-18-19(13-15)24-12-11-23-18/h8-9,13,16-17H,1-7,10-12,14H2. The number of hydrogen-bond acceptors (Lipinski definition) is 4. The maximum absolute atomic E-state index is 12.8. The minimum atomic E-state index is 0.190. The SMILES string of the molecule is O=C(CSC1CCCCC1)N1CCCC1c1ccc2c(c1)OCCO2. The molecule has 1 aliphatic carbocycles. The third kappa shape index (κ3) is 3.91. The molecule has 4 rings (SSSR count). The Labute approximate surface area is 154 Å². The van der Waals surface area contributed by atoms with Crippen molar-refractivity contribution in [2.24, 2.45) is 0 Å². The monoisotopic (exact) mass is 361 g/mol. The maximum Gasteiger partial charge on any atom is 0.233 e. The van der Waals surface area contributed by atoms with Crippen molar-refractivity contribution in [3.05, 3.63) is 23.8 Å². The first-order chi connectivity index (χ1) is 12.3. The van der Waals surface area contributed by atoms with E-state index in [9.17, 15) is 4.79 Å². The van der Waals surface area contributed by atoms with E-state index in [-0.39, 0.29) is 6.04 Å². The Balaban J connectivity index is 1.40. The van der Waals surface area contributed by atoms with E-state index in [0.29, 0.717) is 30.1 Å². The lowest BCUT2D eigenvalue weighted by Gasteiger charge is -2.28. The second-order valence-corrected chi connectivity index (χ2v) is 8.51. The summed E-state index contributed by atoms with van der Waals surface area (Å²) in [6, 6.07) is 6.34. The molecule has 5 heteroatoms. The van der Waals surface area contributed by atoms with Crippen LogP contribution in [-0.4, -0.2) is 41.6 Å². The van der Waals surface area contributed by atoms with Crippen LogP contribution >= 0.6 is 11.8 Å². The quantitative estimate of drug-likeness (QED) is 0.806. The van der Waals surface area contributed by atoms with Crippen LogP contribution in [0.3, 0.4) is 0 Å². The summed E-state index contributed by atoms with van der Waals surface area (Å²) in [6.07, 6.45) is 8.71. The van der Waals surface area contributed by atoms with E-state index in [1.54, 1.807) is 0 Å². The molecule has 0 spiro atoms. The molecule has 1 unspecified atom stereocenters. The number of nitrogens with zero attached hydrogens (tertiary/aromatic N) is 1. The first-order valence-corrected chi connectivity index (χ1v) is 10.7. The highest BCUT2D eigenvalue weighted by atomic mass is 32.2. The normalized spacial score (nSPS) is 23.7. The van der Waals surface area contributed by atoms with Crippen molar-refractivity contribution in [2.75, 3.05) is 25.5 Å². The van der Waals surface area contributed by atoms with Gasteiger partial charge in [-0.05, 0) is 43.4 Å². The van der Waals surface area contributed by atoms with Crippen molar-refractivity contribution in [1.82, 2.24) is 4.90 Å². The number of rotatable bonds is 4. The van der Waals surface area contributed by atoms with Gasteiger partial charge in [0.25, 0.3) is 0 Å². The van der Waals surface area contributed by atoms with Crippen LogP contribution in [0, 0.1) is 0 Å². The maximum atomic E-state index is 12.8. The van der Waals surface area contributed by atoms with Crippen molar-refractivity contribution in [3.63, 3.8) is 0 Å². The molecule has 1 saturated carbocycles. The zero-order valence-corrected chi connectivity index (χ0v) is 15.6. The molecule has 0 bridgehead atoms. The molecule has 25 heavy (non-hydrogen) atoms. The largest absolute Gasteiger partial charge is 0.486 e. The average Bonchev–Trinajstić information content (AvgIpc) is 3.16. The molecule has 1 amide bonds. The highest BCUT2D eigenvalue weighted by Crippen LogP contribution is 2.38. The molecule has 1 aromatic carbocycles. The number of thioether (sulfide) groups is 1. The van der Waals surface area contributed by atoms with Gasteiger partial charge in [-0.3, -0.25) is 4.79 Å². The second-order valence-electron chi connectivity index (χ2n) is 7.22. The predicted octanol–water partition coefficient (Wildman–Crippen LogP) is 4.19. The van der Waals surface area contributed by atoms with Crippen LogP contribution in [0.15, 0.2) is 18.2 Å². The summed E-state index contributed by atoms with van der Waals surface area (Å²) >= 11 is 1.88. The van der Waals surface area contributed by atoms with Gasteiger partial charge < -0.3 is 14.4 Å². The molecule has 1 aromatic rings. The zero-order valence-electron chi connectivity index (χ0n) is 14.7. The summed E-state index contributed by atoms with van der Waals surface area (Å²) in [5.41, 5.74) is 1.18. The molecule has 136 valence electrons. The van der Waals surface area contributed by atoms with Gasteiger partial charge in [-0.1, -0.05) is 25.3 Å².